The second kappa shape index (κ2) is 1.15. The highest BCUT2D eigenvalue weighted by atomic mass is 16.1. The fourth-order valence-corrected chi connectivity index (χ4v) is 1.71. The molecule has 0 heterocycles. The molecule has 0 aromatic carbocycles. The molecule has 1 nitrogen and oxygen atoms in total. The van der Waals surface area contributed by atoms with Crippen molar-refractivity contribution in [2.24, 2.45) is 5.41 Å². The van der Waals surface area contributed by atoms with Gasteiger partial charge >= 0.3 is 0 Å². The molecule has 0 saturated heterocycles. The van der Waals surface area contributed by atoms with Crippen molar-refractivity contribution in [3.63, 3.8) is 0 Å². The summed E-state index contributed by atoms with van der Waals surface area (Å²) in [5.41, 5.74) is 0.264. The first-order valence-electron chi connectivity index (χ1n) is 3.37. The minimum absolute atomic E-state index is 0.264. The maximum Gasteiger partial charge on any atom is 0.139 e. The lowest BCUT2D eigenvalue weighted by molar-refractivity contribution is -0.145. The molecule has 0 unspecified atom stereocenters. The second-order valence-electron chi connectivity index (χ2n) is 3.06. The molecule has 0 amide bonds. The van der Waals surface area contributed by atoms with Gasteiger partial charge in [0.15, 0.2) is 0 Å². The summed E-state index contributed by atoms with van der Waals surface area (Å²) in [5.74, 6) is 0.545. The van der Waals surface area contributed by atoms with Crippen LogP contribution in [-0.2, 0) is 4.79 Å². The maximum absolute atomic E-state index is 10.8. The summed E-state index contributed by atoms with van der Waals surface area (Å²) in [7, 11) is 0. The second-order valence-corrected chi connectivity index (χ2v) is 3.06. The number of rotatable bonds is 0. The molecule has 0 aliphatic heterocycles. The van der Waals surface area contributed by atoms with Gasteiger partial charge in [-0.2, -0.15) is 0 Å². The van der Waals surface area contributed by atoms with Crippen molar-refractivity contribution in [1.82, 2.24) is 0 Å². The number of Topliss-reactive ketones (excluding diaryl/α,β-unsaturated/α-hetero) is 1. The fourth-order valence-electron chi connectivity index (χ4n) is 1.71. The van der Waals surface area contributed by atoms with E-state index in [0.717, 1.165) is 6.42 Å². The third kappa shape index (κ3) is 0.320. The molecule has 2 rings (SSSR count). The van der Waals surface area contributed by atoms with Gasteiger partial charge in [0.1, 0.15) is 5.78 Å². The Hall–Kier alpha value is -0.330. The summed E-state index contributed by atoms with van der Waals surface area (Å²) in [5, 5.41) is 0. The van der Waals surface area contributed by atoms with Crippen molar-refractivity contribution in [2.75, 3.05) is 0 Å². The van der Waals surface area contributed by atoms with Crippen molar-refractivity contribution < 1.29 is 4.79 Å². The number of ketones is 1. The molecule has 2 fully saturated rings. The average molecular weight is 110 g/mol. The van der Waals surface area contributed by atoms with Crippen LogP contribution in [0.1, 0.15) is 32.1 Å². The van der Waals surface area contributed by atoms with E-state index in [-0.39, 0.29) is 5.41 Å². The van der Waals surface area contributed by atoms with E-state index in [1.54, 1.807) is 0 Å². The van der Waals surface area contributed by atoms with Crippen molar-refractivity contribution in [3.8, 4) is 0 Å². The Bertz CT molecular complexity index is 128. The van der Waals surface area contributed by atoms with E-state index >= 15 is 0 Å². The quantitative estimate of drug-likeness (QED) is 0.462. The smallest absolute Gasteiger partial charge is 0.139 e. The van der Waals surface area contributed by atoms with Crippen LogP contribution in [0, 0.1) is 5.41 Å². The molecular formula is C7H10O. The van der Waals surface area contributed by atoms with Gasteiger partial charge in [0.05, 0.1) is 0 Å². The highest BCUT2D eigenvalue weighted by Gasteiger charge is 2.49. The molecule has 0 N–H and O–H groups in total. The maximum atomic E-state index is 10.8. The lowest BCUT2D eigenvalue weighted by Gasteiger charge is -2.47. The van der Waals surface area contributed by atoms with Crippen LogP contribution in [-0.4, -0.2) is 5.78 Å². The predicted molar refractivity (Wildman–Crippen MR) is 30.5 cm³/mol. The molecule has 2 aliphatic carbocycles. The molecule has 0 bridgehead atoms. The van der Waals surface area contributed by atoms with Crippen LogP contribution in [0.2, 0.25) is 0 Å². The Kier molecular flexibility index (Phi) is 0.651. The summed E-state index contributed by atoms with van der Waals surface area (Å²) in [6, 6.07) is 0. The van der Waals surface area contributed by atoms with E-state index in [1.807, 2.05) is 0 Å². The Morgan fingerprint density at radius 1 is 1.25 bits per heavy atom. The van der Waals surface area contributed by atoms with Crippen LogP contribution < -0.4 is 0 Å². The molecule has 0 aromatic heterocycles. The molecule has 0 atom stereocenters. The van der Waals surface area contributed by atoms with E-state index in [1.165, 1.54) is 25.7 Å². The summed E-state index contributed by atoms with van der Waals surface area (Å²) >= 11 is 0. The standard InChI is InChI=1S/C7H10O/c8-6-2-5-7(6)3-1-4-7/h1-5H2. The van der Waals surface area contributed by atoms with Crippen LogP contribution in [0.3, 0.4) is 0 Å². The van der Waals surface area contributed by atoms with Gasteiger partial charge in [0, 0.05) is 11.8 Å². The monoisotopic (exact) mass is 110 g/mol. The Morgan fingerprint density at radius 2 is 2.00 bits per heavy atom. The first-order valence-corrected chi connectivity index (χ1v) is 3.37. The Morgan fingerprint density at radius 3 is 2.00 bits per heavy atom. The summed E-state index contributed by atoms with van der Waals surface area (Å²) in [6.07, 6.45) is 5.77. The summed E-state index contributed by atoms with van der Waals surface area (Å²) in [4.78, 5) is 10.8. The van der Waals surface area contributed by atoms with E-state index in [9.17, 15) is 4.79 Å². The molecule has 2 aliphatic rings. The molecule has 2 saturated carbocycles. The minimum atomic E-state index is 0.264. The van der Waals surface area contributed by atoms with Gasteiger partial charge in [0.25, 0.3) is 0 Å². The third-order valence-electron chi connectivity index (χ3n) is 2.73. The molecular weight excluding hydrogens is 100 g/mol. The molecule has 0 radical (unpaired) electrons. The molecule has 0 aromatic rings. The lowest BCUT2D eigenvalue weighted by Crippen LogP contribution is -2.45. The van der Waals surface area contributed by atoms with Gasteiger partial charge in [-0.25, -0.2) is 0 Å². The molecule has 44 valence electrons. The number of hydrogen-bond donors (Lipinski definition) is 0. The normalized spacial score (nSPS) is 31.8. The third-order valence-corrected chi connectivity index (χ3v) is 2.73. The number of carbonyl (C=O) groups is 1. The van der Waals surface area contributed by atoms with Crippen LogP contribution >= 0.6 is 0 Å². The Balaban J connectivity index is 2.14. The van der Waals surface area contributed by atoms with E-state index in [0.29, 0.717) is 5.78 Å². The highest BCUT2D eigenvalue weighted by Crippen LogP contribution is 2.52. The highest BCUT2D eigenvalue weighted by molar-refractivity contribution is 5.91. The first-order chi connectivity index (χ1) is 3.83. The summed E-state index contributed by atoms with van der Waals surface area (Å²) in [6.45, 7) is 0. The fraction of sp³-hybridized carbons (Fsp3) is 0.857. The predicted octanol–water partition coefficient (Wildman–Crippen LogP) is 1.52. The minimum Gasteiger partial charge on any atom is -0.299 e. The van der Waals surface area contributed by atoms with Crippen molar-refractivity contribution in [2.45, 2.75) is 32.1 Å². The SMILES string of the molecule is O=C1CCC12CCC2. The van der Waals surface area contributed by atoms with Gasteiger partial charge in [-0.05, 0) is 19.3 Å². The topological polar surface area (TPSA) is 17.1 Å². The molecule has 1 spiro atoms. The van der Waals surface area contributed by atoms with Crippen LogP contribution in [0.4, 0.5) is 0 Å². The number of hydrogen-bond acceptors (Lipinski definition) is 1. The van der Waals surface area contributed by atoms with Gasteiger partial charge in [-0.1, -0.05) is 6.42 Å². The largest absolute Gasteiger partial charge is 0.299 e. The van der Waals surface area contributed by atoms with Crippen LogP contribution in [0.5, 0.6) is 0 Å². The zero-order valence-corrected chi connectivity index (χ0v) is 4.94. The lowest BCUT2D eigenvalue weighted by atomic mass is 9.55. The van der Waals surface area contributed by atoms with Gasteiger partial charge in [-0.15, -0.1) is 0 Å². The molecule has 1 heteroatoms. The van der Waals surface area contributed by atoms with Crippen molar-refractivity contribution >= 4 is 5.78 Å². The van der Waals surface area contributed by atoms with Crippen LogP contribution in [0.15, 0.2) is 0 Å². The van der Waals surface area contributed by atoms with Crippen LogP contribution in [0.25, 0.3) is 0 Å². The van der Waals surface area contributed by atoms with E-state index < -0.39 is 0 Å². The van der Waals surface area contributed by atoms with E-state index in [4.69, 9.17) is 0 Å². The van der Waals surface area contributed by atoms with Crippen molar-refractivity contribution in [3.05, 3.63) is 0 Å². The van der Waals surface area contributed by atoms with Crippen molar-refractivity contribution in [1.29, 1.82) is 0 Å². The summed E-state index contributed by atoms with van der Waals surface area (Å²) < 4.78 is 0. The number of carbonyl (C=O) groups excluding carboxylic acids is 1. The van der Waals surface area contributed by atoms with Gasteiger partial charge < -0.3 is 0 Å². The Labute approximate surface area is 49.1 Å². The average Bonchev–Trinajstić information content (AvgIpc) is 1.58. The molecule has 8 heavy (non-hydrogen) atoms. The zero-order chi connectivity index (χ0) is 5.61. The van der Waals surface area contributed by atoms with E-state index in [2.05, 4.69) is 0 Å². The first kappa shape index (κ1) is 4.54. The zero-order valence-electron chi connectivity index (χ0n) is 4.94. The van der Waals surface area contributed by atoms with Gasteiger partial charge in [0.2, 0.25) is 0 Å². The van der Waals surface area contributed by atoms with Gasteiger partial charge in [-0.3, -0.25) is 4.79 Å².